The molecule has 1 aromatic carbocycles. The van der Waals surface area contributed by atoms with Crippen molar-refractivity contribution in [3.8, 4) is 5.75 Å². The van der Waals surface area contributed by atoms with E-state index >= 15 is 0 Å². The number of benzene rings is 1. The number of aromatic nitrogens is 2. The third-order valence-electron chi connectivity index (χ3n) is 2.68. The first-order chi connectivity index (χ1) is 9.15. The molecule has 0 saturated heterocycles. The van der Waals surface area contributed by atoms with Gasteiger partial charge in [-0.2, -0.15) is 8.78 Å². The fourth-order valence-electron chi connectivity index (χ4n) is 1.72. The molecule has 2 aromatic rings. The first-order valence-electron chi connectivity index (χ1n) is 5.85. The zero-order valence-corrected chi connectivity index (χ0v) is 10.5. The lowest BCUT2D eigenvalue weighted by Gasteiger charge is -2.08. The summed E-state index contributed by atoms with van der Waals surface area (Å²) in [6.07, 6.45) is 3.51. The van der Waals surface area contributed by atoms with Gasteiger partial charge in [-0.3, -0.25) is 0 Å². The van der Waals surface area contributed by atoms with Crippen LogP contribution >= 0.6 is 0 Å². The van der Waals surface area contributed by atoms with E-state index in [4.69, 9.17) is 0 Å². The van der Waals surface area contributed by atoms with Gasteiger partial charge in [-0.25, -0.2) is 4.98 Å². The van der Waals surface area contributed by atoms with Gasteiger partial charge in [-0.1, -0.05) is 12.1 Å². The Morgan fingerprint density at radius 2 is 2.21 bits per heavy atom. The first-order valence-corrected chi connectivity index (χ1v) is 5.85. The lowest BCUT2D eigenvalue weighted by Crippen LogP contribution is -2.14. The highest BCUT2D eigenvalue weighted by Crippen LogP contribution is 2.15. The van der Waals surface area contributed by atoms with Gasteiger partial charge >= 0.3 is 6.61 Å². The number of imidazole rings is 1. The smallest absolute Gasteiger partial charge is 0.387 e. The van der Waals surface area contributed by atoms with E-state index in [1.165, 1.54) is 6.07 Å². The summed E-state index contributed by atoms with van der Waals surface area (Å²) in [7, 11) is 1.92. The van der Waals surface area contributed by atoms with Gasteiger partial charge in [-0.15, -0.1) is 0 Å². The van der Waals surface area contributed by atoms with Crippen LogP contribution in [0.25, 0.3) is 0 Å². The Balaban J connectivity index is 1.87. The fourth-order valence-corrected chi connectivity index (χ4v) is 1.72. The van der Waals surface area contributed by atoms with E-state index in [1.807, 2.05) is 17.7 Å². The number of hydrogen-bond donors (Lipinski definition) is 1. The van der Waals surface area contributed by atoms with Crippen LogP contribution in [0.3, 0.4) is 0 Å². The minimum absolute atomic E-state index is 0.176. The maximum absolute atomic E-state index is 12.1. The van der Waals surface area contributed by atoms with E-state index in [1.54, 1.807) is 24.7 Å². The Morgan fingerprint density at radius 1 is 1.37 bits per heavy atom. The average Bonchev–Trinajstić information content (AvgIpc) is 2.75. The Kier molecular flexibility index (Phi) is 4.46. The second-order valence-electron chi connectivity index (χ2n) is 4.13. The molecule has 0 spiro atoms. The topological polar surface area (TPSA) is 39.1 Å². The molecule has 0 saturated carbocycles. The number of hydrogen-bond acceptors (Lipinski definition) is 3. The Labute approximate surface area is 110 Å². The fraction of sp³-hybridized carbons (Fsp3) is 0.308. The third kappa shape index (κ3) is 4.03. The van der Waals surface area contributed by atoms with Crippen LogP contribution in [-0.4, -0.2) is 16.2 Å². The maximum Gasteiger partial charge on any atom is 0.387 e. The summed E-state index contributed by atoms with van der Waals surface area (Å²) in [6.45, 7) is -1.56. The van der Waals surface area contributed by atoms with Gasteiger partial charge in [0.25, 0.3) is 0 Å². The van der Waals surface area contributed by atoms with E-state index in [0.29, 0.717) is 13.1 Å². The molecular formula is C13H15F2N3O. The molecule has 0 bridgehead atoms. The summed E-state index contributed by atoms with van der Waals surface area (Å²) in [5.74, 6) is 0.176. The molecule has 1 heterocycles. The molecule has 0 aliphatic rings. The van der Waals surface area contributed by atoms with Gasteiger partial charge in [0.15, 0.2) is 0 Å². The number of halogens is 2. The molecule has 6 heteroatoms. The molecule has 0 fully saturated rings. The lowest BCUT2D eigenvalue weighted by atomic mass is 10.2. The maximum atomic E-state index is 12.1. The monoisotopic (exact) mass is 267 g/mol. The van der Waals surface area contributed by atoms with Gasteiger partial charge in [0, 0.05) is 26.3 Å². The van der Waals surface area contributed by atoms with Gasteiger partial charge in [0.1, 0.15) is 5.75 Å². The van der Waals surface area contributed by atoms with E-state index in [2.05, 4.69) is 15.0 Å². The van der Waals surface area contributed by atoms with Crippen molar-refractivity contribution >= 4 is 0 Å². The number of aryl methyl sites for hydroxylation is 1. The predicted octanol–water partition coefficient (Wildman–Crippen LogP) is 2.31. The molecule has 0 amide bonds. The number of ether oxygens (including phenoxy) is 1. The quantitative estimate of drug-likeness (QED) is 0.873. The largest absolute Gasteiger partial charge is 0.435 e. The third-order valence-corrected chi connectivity index (χ3v) is 2.68. The SMILES string of the molecule is Cn1cncc1CNCc1cccc(OC(F)F)c1. The summed E-state index contributed by atoms with van der Waals surface area (Å²) in [5, 5.41) is 3.22. The van der Waals surface area contributed by atoms with Crippen molar-refractivity contribution in [1.29, 1.82) is 0 Å². The molecular weight excluding hydrogens is 252 g/mol. The summed E-state index contributed by atoms with van der Waals surface area (Å²) in [4.78, 5) is 4.01. The van der Waals surface area contributed by atoms with Gasteiger partial charge in [0.05, 0.1) is 12.0 Å². The minimum Gasteiger partial charge on any atom is -0.435 e. The molecule has 2 rings (SSSR count). The van der Waals surface area contributed by atoms with Crippen LogP contribution in [0.2, 0.25) is 0 Å². The molecule has 1 N–H and O–H groups in total. The molecule has 19 heavy (non-hydrogen) atoms. The molecule has 0 unspecified atom stereocenters. The van der Waals surface area contributed by atoms with Crippen molar-refractivity contribution in [3.05, 3.63) is 48.0 Å². The highest BCUT2D eigenvalue weighted by atomic mass is 19.3. The van der Waals surface area contributed by atoms with E-state index in [0.717, 1.165) is 11.3 Å². The van der Waals surface area contributed by atoms with Crippen molar-refractivity contribution in [2.24, 2.45) is 7.05 Å². The molecule has 1 aromatic heterocycles. The second kappa shape index (κ2) is 6.29. The van der Waals surface area contributed by atoms with Crippen LogP contribution in [0.15, 0.2) is 36.8 Å². The number of alkyl halides is 2. The summed E-state index contributed by atoms with van der Waals surface area (Å²) in [6, 6.07) is 6.66. The highest BCUT2D eigenvalue weighted by molar-refractivity contribution is 5.28. The number of rotatable bonds is 6. The van der Waals surface area contributed by atoms with Crippen molar-refractivity contribution in [2.75, 3.05) is 0 Å². The van der Waals surface area contributed by atoms with E-state index in [-0.39, 0.29) is 5.75 Å². The Hall–Kier alpha value is -1.95. The van der Waals surface area contributed by atoms with Crippen LogP contribution in [0, 0.1) is 0 Å². The van der Waals surface area contributed by atoms with Crippen LogP contribution in [0.1, 0.15) is 11.3 Å². The normalized spacial score (nSPS) is 10.9. The van der Waals surface area contributed by atoms with Crippen molar-refractivity contribution in [1.82, 2.24) is 14.9 Å². The number of nitrogens with zero attached hydrogens (tertiary/aromatic N) is 2. The Bertz CT molecular complexity index is 528. The molecule has 0 radical (unpaired) electrons. The molecule has 0 aliphatic carbocycles. The zero-order valence-electron chi connectivity index (χ0n) is 10.5. The van der Waals surface area contributed by atoms with Gasteiger partial charge in [0.2, 0.25) is 0 Å². The molecule has 102 valence electrons. The van der Waals surface area contributed by atoms with Gasteiger partial charge in [-0.05, 0) is 17.7 Å². The molecule has 4 nitrogen and oxygen atoms in total. The van der Waals surface area contributed by atoms with Crippen LogP contribution < -0.4 is 10.1 Å². The zero-order chi connectivity index (χ0) is 13.7. The highest BCUT2D eigenvalue weighted by Gasteiger charge is 2.04. The van der Waals surface area contributed by atoms with Crippen LogP contribution in [-0.2, 0) is 20.1 Å². The van der Waals surface area contributed by atoms with Crippen LogP contribution in [0.5, 0.6) is 5.75 Å². The van der Waals surface area contributed by atoms with Crippen molar-refractivity contribution < 1.29 is 13.5 Å². The second-order valence-corrected chi connectivity index (χ2v) is 4.13. The summed E-state index contributed by atoms with van der Waals surface area (Å²) in [5.41, 5.74) is 1.94. The van der Waals surface area contributed by atoms with Gasteiger partial charge < -0.3 is 14.6 Å². The van der Waals surface area contributed by atoms with Crippen molar-refractivity contribution in [3.63, 3.8) is 0 Å². The first kappa shape index (κ1) is 13.5. The Morgan fingerprint density at radius 3 is 2.89 bits per heavy atom. The van der Waals surface area contributed by atoms with Crippen LogP contribution in [0.4, 0.5) is 8.78 Å². The summed E-state index contributed by atoms with van der Waals surface area (Å²) < 4.78 is 30.4. The standard InChI is InChI=1S/C13H15F2N3O/c1-18-9-17-8-11(18)7-16-6-10-3-2-4-12(5-10)19-13(14)15/h2-5,8-9,13,16H,6-7H2,1H3. The molecule has 0 atom stereocenters. The summed E-state index contributed by atoms with van der Waals surface area (Å²) >= 11 is 0. The minimum atomic E-state index is -2.79. The molecule has 0 aliphatic heterocycles. The van der Waals surface area contributed by atoms with E-state index in [9.17, 15) is 8.78 Å². The average molecular weight is 267 g/mol. The van der Waals surface area contributed by atoms with Crippen molar-refractivity contribution in [2.45, 2.75) is 19.7 Å². The predicted molar refractivity (Wildman–Crippen MR) is 66.8 cm³/mol. The van der Waals surface area contributed by atoms with E-state index < -0.39 is 6.61 Å². The lowest BCUT2D eigenvalue weighted by molar-refractivity contribution is -0.0498. The number of nitrogens with one attached hydrogen (secondary N) is 1.